The number of likely N-dealkylation sites (N-methyl/N-ethyl adjacent to an activating group) is 1. The van der Waals surface area contributed by atoms with Crippen molar-refractivity contribution < 1.29 is 4.79 Å². The molecule has 3 heterocycles. The first-order chi connectivity index (χ1) is 11.7. The van der Waals surface area contributed by atoms with Crippen molar-refractivity contribution in [1.29, 1.82) is 0 Å². The lowest BCUT2D eigenvalue weighted by atomic mass is 10.1. The van der Waals surface area contributed by atoms with Crippen LogP contribution in [0.15, 0.2) is 15.9 Å². The van der Waals surface area contributed by atoms with E-state index in [-0.39, 0.29) is 18.0 Å². The summed E-state index contributed by atoms with van der Waals surface area (Å²) in [6, 6.07) is 0.331. The Kier molecular flexibility index (Phi) is 4.28. The van der Waals surface area contributed by atoms with E-state index >= 15 is 0 Å². The topological polar surface area (TPSA) is 85.4 Å². The van der Waals surface area contributed by atoms with Crippen LogP contribution in [0.4, 0.5) is 0 Å². The van der Waals surface area contributed by atoms with E-state index in [1.54, 1.807) is 7.05 Å². The van der Waals surface area contributed by atoms with Crippen LogP contribution in [-0.4, -0.2) is 67.6 Å². The quantitative estimate of drug-likeness (QED) is 0.699. The van der Waals surface area contributed by atoms with Gasteiger partial charge >= 0.3 is 5.69 Å². The van der Waals surface area contributed by atoms with Crippen molar-refractivity contribution in [3.63, 3.8) is 0 Å². The number of hydrogen-bond acceptors (Lipinski definition) is 5. The van der Waals surface area contributed by atoms with Crippen LogP contribution in [0, 0.1) is 5.92 Å². The van der Waals surface area contributed by atoms with Gasteiger partial charge in [-0.2, -0.15) is 0 Å². The first kappa shape index (κ1) is 17.4. The van der Waals surface area contributed by atoms with Crippen molar-refractivity contribution in [1.82, 2.24) is 28.5 Å². The van der Waals surface area contributed by atoms with Gasteiger partial charge < -0.3 is 14.4 Å². The summed E-state index contributed by atoms with van der Waals surface area (Å²) in [6.45, 7) is 3.55. The molecule has 2 aromatic heterocycles. The van der Waals surface area contributed by atoms with Gasteiger partial charge in [0.2, 0.25) is 5.91 Å². The Hall–Kier alpha value is -2.42. The predicted molar refractivity (Wildman–Crippen MR) is 93.4 cm³/mol. The molecule has 9 heteroatoms. The zero-order chi connectivity index (χ0) is 18.5. The predicted octanol–water partition coefficient (Wildman–Crippen LogP) is -1.16. The molecule has 1 aliphatic heterocycles. The third-order valence-electron chi connectivity index (χ3n) is 5.11. The molecule has 0 radical (unpaired) electrons. The number of rotatable bonds is 3. The van der Waals surface area contributed by atoms with Gasteiger partial charge in [-0.05, 0) is 20.0 Å². The smallest absolute Gasteiger partial charge is 0.332 e. The van der Waals surface area contributed by atoms with E-state index < -0.39 is 11.2 Å². The van der Waals surface area contributed by atoms with E-state index in [9.17, 15) is 14.4 Å². The minimum atomic E-state index is -0.440. The van der Waals surface area contributed by atoms with E-state index in [4.69, 9.17) is 0 Å². The molecule has 1 amide bonds. The fourth-order valence-corrected chi connectivity index (χ4v) is 3.59. The van der Waals surface area contributed by atoms with E-state index in [0.717, 1.165) is 4.57 Å². The molecule has 25 heavy (non-hydrogen) atoms. The Bertz CT molecular complexity index is 938. The zero-order valence-electron chi connectivity index (χ0n) is 15.3. The summed E-state index contributed by atoms with van der Waals surface area (Å²) in [5.74, 6) is 0.346. The van der Waals surface area contributed by atoms with E-state index in [1.165, 1.54) is 22.5 Å². The summed E-state index contributed by atoms with van der Waals surface area (Å²) in [5.41, 5.74) is -0.308. The molecule has 2 aromatic rings. The molecule has 0 aromatic carbocycles. The highest BCUT2D eigenvalue weighted by atomic mass is 16.2. The summed E-state index contributed by atoms with van der Waals surface area (Å²) in [7, 11) is 7.02. The number of imidazole rings is 1. The molecular formula is C16H24N6O3. The maximum atomic E-state index is 12.7. The van der Waals surface area contributed by atoms with E-state index in [2.05, 4.69) is 16.8 Å². The molecule has 0 spiro atoms. The largest absolute Gasteiger partial charge is 0.339 e. The minimum absolute atomic E-state index is 0.0385. The maximum absolute atomic E-state index is 12.7. The number of nitrogens with zero attached hydrogens (tertiary/aromatic N) is 6. The van der Waals surface area contributed by atoms with Crippen molar-refractivity contribution in [2.24, 2.45) is 20.0 Å². The molecule has 1 aliphatic rings. The Labute approximate surface area is 145 Å². The van der Waals surface area contributed by atoms with Crippen molar-refractivity contribution >= 4 is 17.1 Å². The Morgan fingerprint density at radius 3 is 2.52 bits per heavy atom. The van der Waals surface area contributed by atoms with Gasteiger partial charge in [0.25, 0.3) is 5.56 Å². The van der Waals surface area contributed by atoms with Gasteiger partial charge in [-0.1, -0.05) is 6.92 Å². The number of carbonyl (C=O) groups excluding carboxylic acids is 1. The van der Waals surface area contributed by atoms with Crippen molar-refractivity contribution in [2.75, 3.05) is 27.2 Å². The van der Waals surface area contributed by atoms with Gasteiger partial charge in [-0.3, -0.25) is 18.7 Å². The van der Waals surface area contributed by atoms with Gasteiger partial charge in [0.15, 0.2) is 11.2 Å². The van der Waals surface area contributed by atoms with Crippen LogP contribution < -0.4 is 11.2 Å². The third-order valence-corrected chi connectivity index (χ3v) is 5.11. The van der Waals surface area contributed by atoms with Crippen LogP contribution in [0.25, 0.3) is 11.2 Å². The Balaban J connectivity index is 1.91. The first-order valence-corrected chi connectivity index (χ1v) is 8.27. The lowest BCUT2D eigenvalue weighted by Crippen LogP contribution is -2.39. The average Bonchev–Trinajstić information content (AvgIpc) is 3.15. The second-order valence-corrected chi connectivity index (χ2v) is 7.06. The van der Waals surface area contributed by atoms with Crippen LogP contribution in [0.1, 0.15) is 6.92 Å². The highest BCUT2D eigenvalue weighted by Gasteiger charge is 2.33. The fraction of sp³-hybridized carbons (Fsp3) is 0.625. The third kappa shape index (κ3) is 2.78. The monoisotopic (exact) mass is 348 g/mol. The fourth-order valence-electron chi connectivity index (χ4n) is 3.59. The number of likely N-dealkylation sites (tertiary alicyclic amines) is 1. The SMILES string of the molecule is C[C@@H]1CN(C(=O)Cn2cnc3c2c(=O)n(C)c(=O)n3C)C[C@H]1N(C)C. The van der Waals surface area contributed by atoms with E-state index in [0.29, 0.717) is 30.7 Å². The molecule has 1 fully saturated rings. The molecule has 0 bridgehead atoms. The van der Waals surface area contributed by atoms with Crippen molar-refractivity contribution in [3.8, 4) is 0 Å². The summed E-state index contributed by atoms with van der Waals surface area (Å²) in [4.78, 5) is 45.2. The average molecular weight is 348 g/mol. The summed E-state index contributed by atoms with van der Waals surface area (Å²) in [6.07, 6.45) is 1.45. The number of aryl methyl sites for hydroxylation is 1. The normalized spacial score (nSPS) is 20.8. The molecule has 3 rings (SSSR count). The zero-order valence-corrected chi connectivity index (χ0v) is 15.3. The van der Waals surface area contributed by atoms with Gasteiger partial charge in [0.1, 0.15) is 6.54 Å². The molecule has 0 saturated carbocycles. The molecule has 0 aliphatic carbocycles. The lowest BCUT2D eigenvalue weighted by molar-refractivity contribution is -0.130. The van der Waals surface area contributed by atoms with Crippen LogP contribution >= 0.6 is 0 Å². The second kappa shape index (κ2) is 6.14. The highest BCUT2D eigenvalue weighted by molar-refractivity contribution is 5.79. The number of carbonyl (C=O) groups is 1. The Morgan fingerprint density at radius 2 is 1.92 bits per heavy atom. The molecule has 1 saturated heterocycles. The van der Waals surface area contributed by atoms with Gasteiger partial charge in [-0.15, -0.1) is 0 Å². The van der Waals surface area contributed by atoms with Gasteiger partial charge in [0.05, 0.1) is 6.33 Å². The lowest BCUT2D eigenvalue weighted by Gasteiger charge is -2.22. The minimum Gasteiger partial charge on any atom is -0.339 e. The molecule has 136 valence electrons. The number of fused-ring (bicyclic) bond motifs is 1. The highest BCUT2D eigenvalue weighted by Crippen LogP contribution is 2.20. The number of amides is 1. The summed E-state index contributed by atoms with van der Waals surface area (Å²) < 4.78 is 3.88. The molecular weight excluding hydrogens is 324 g/mol. The molecule has 2 atom stereocenters. The van der Waals surface area contributed by atoms with Gasteiger partial charge in [0, 0.05) is 33.2 Å². The van der Waals surface area contributed by atoms with E-state index in [1.807, 2.05) is 19.0 Å². The number of hydrogen-bond donors (Lipinski definition) is 0. The van der Waals surface area contributed by atoms with Crippen molar-refractivity contribution in [2.45, 2.75) is 19.5 Å². The second-order valence-electron chi connectivity index (χ2n) is 7.06. The van der Waals surface area contributed by atoms with Crippen LogP contribution in [-0.2, 0) is 25.4 Å². The van der Waals surface area contributed by atoms with Crippen LogP contribution in [0.2, 0.25) is 0 Å². The Morgan fingerprint density at radius 1 is 1.24 bits per heavy atom. The molecule has 9 nitrogen and oxygen atoms in total. The molecule has 0 N–H and O–H groups in total. The maximum Gasteiger partial charge on any atom is 0.332 e. The van der Waals surface area contributed by atoms with Crippen molar-refractivity contribution in [3.05, 3.63) is 27.2 Å². The van der Waals surface area contributed by atoms with Gasteiger partial charge in [-0.25, -0.2) is 9.78 Å². The first-order valence-electron chi connectivity index (χ1n) is 8.27. The summed E-state index contributed by atoms with van der Waals surface area (Å²) >= 11 is 0. The molecule has 0 unspecified atom stereocenters. The number of aromatic nitrogens is 4. The standard InChI is InChI=1S/C16H24N6O3/c1-10-6-21(7-11(10)18(2)3)12(23)8-22-9-17-14-13(22)15(24)20(5)16(25)19(14)4/h9-11H,6-8H2,1-5H3/t10-,11-/m1/s1. The summed E-state index contributed by atoms with van der Waals surface area (Å²) in [5, 5.41) is 0. The van der Waals surface area contributed by atoms with Crippen LogP contribution in [0.3, 0.4) is 0 Å². The van der Waals surface area contributed by atoms with Crippen LogP contribution in [0.5, 0.6) is 0 Å².